The van der Waals surface area contributed by atoms with Gasteiger partial charge in [0.15, 0.2) is 5.69 Å². The van der Waals surface area contributed by atoms with E-state index in [1.807, 2.05) is 0 Å². The quantitative estimate of drug-likeness (QED) is 0.645. The molecular formula is C8H9N3O4. The van der Waals surface area contributed by atoms with Crippen LogP contribution in [-0.2, 0) is 4.79 Å². The van der Waals surface area contributed by atoms with Crippen molar-refractivity contribution in [1.29, 1.82) is 0 Å². The van der Waals surface area contributed by atoms with Crippen molar-refractivity contribution < 1.29 is 19.8 Å². The second-order valence-electron chi connectivity index (χ2n) is 2.80. The Morgan fingerprint density at radius 3 is 2.40 bits per heavy atom. The number of rotatable bonds is 4. The van der Waals surface area contributed by atoms with Crippen molar-refractivity contribution in [2.24, 2.45) is 0 Å². The van der Waals surface area contributed by atoms with E-state index in [0.717, 1.165) is 6.20 Å². The fraction of sp³-hybridized carbons (Fsp3) is 0.250. The van der Waals surface area contributed by atoms with Gasteiger partial charge in [0.05, 0.1) is 12.4 Å². The summed E-state index contributed by atoms with van der Waals surface area (Å²) in [7, 11) is 0. The molecule has 0 radical (unpaired) electrons. The smallest absolute Gasteiger partial charge is 0.356 e. The van der Waals surface area contributed by atoms with Gasteiger partial charge in [-0.05, 0) is 6.92 Å². The van der Waals surface area contributed by atoms with Crippen molar-refractivity contribution in [1.82, 2.24) is 9.97 Å². The van der Waals surface area contributed by atoms with Crippen LogP contribution in [-0.4, -0.2) is 38.2 Å². The molecule has 15 heavy (non-hydrogen) atoms. The molecule has 0 aliphatic heterocycles. The van der Waals surface area contributed by atoms with Crippen molar-refractivity contribution in [3.05, 3.63) is 18.1 Å². The van der Waals surface area contributed by atoms with Gasteiger partial charge < -0.3 is 15.5 Å². The number of carboxylic acids is 2. The van der Waals surface area contributed by atoms with Crippen LogP contribution < -0.4 is 5.32 Å². The third-order valence-electron chi connectivity index (χ3n) is 1.61. The molecule has 7 nitrogen and oxygen atoms in total. The zero-order chi connectivity index (χ0) is 11.4. The van der Waals surface area contributed by atoms with Gasteiger partial charge in [0.1, 0.15) is 11.9 Å². The van der Waals surface area contributed by atoms with Gasteiger partial charge in [0.2, 0.25) is 0 Å². The van der Waals surface area contributed by atoms with E-state index in [2.05, 4.69) is 15.3 Å². The number of anilines is 1. The monoisotopic (exact) mass is 211 g/mol. The molecule has 0 aromatic carbocycles. The Morgan fingerprint density at radius 2 is 2.00 bits per heavy atom. The Hall–Kier alpha value is -2.18. The molecule has 0 aliphatic rings. The summed E-state index contributed by atoms with van der Waals surface area (Å²) in [5.41, 5.74) is -0.191. The van der Waals surface area contributed by atoms with Crippen molar-refractivity contribution in [3.63, 3.8) is 0 Å². The molecule has 7 heteroatoms. The van der Waals surface area contributed by atoms with E-state index < -0.39 is 18.0 Å². The highest BCUT2D eigenvalue weighted by Crippen LogP contribution is 2.03. The molecule has 0 saturated carbocycles. The second kappa shape index (κ2) is 4.36. The van der Waals surface area contributed by atoms with Crippen LogP contribution in [0, 0.1) is 0 Å². The summed E-state index contributed by atoms with van der Waals surface area (Å²) in [4.78, 5) is 28.2. The van der Waals surface area contributed by atoms with E-state index in [9.17, 15) is 9.59 Å². The fourth-order valence-corrected chi connectivity index (χ4v) is 0.797. The molecule has 0 bridgehead atoms. The molecular weight excluding hydrogens is 202 g/mol. The molecule has 80 valence electrons. The summed E-state index contributed by atoms with van der Waals surface area (Å²) in [5, 5.41) is 19.7. The predicted octanol–water partition coefficient (Wildman–Crippen LogP) is 0.0598. The Morgan fingerprint density at radius 1 is 1.33 bits per heavy atom. The maximum absolute atomic E-state index is 10.5. The van der Waals surface area contributed by atoms with Crippen LogP contribution in [0.15, 0.2) is 12.4 Å². The van der Waals surface area contributed by atoms with Gasteiger partial charge in [-0.25, -0.2) is 14.8 Å². The zero-order valence-corrected chi connectivity index (χ0v) is 7.84. The van der Waals surface area contributed by atoms with Gasteiger partial charge in [-0.1, -0.05) is 0 Å². The molecule has 1 rings (SSSR count). The van der Waals surface area contributed by atoms with E-state index in [-0.39, 0.29) is 11.5 Å². The minimum Gasteiger partial charge on any atom is -0.480 e. The molecule has 0 aliphatic carbocycles. The van der Waals surface area contributed by atoms with Gasteiger partial charge in [-0.2, -0.15) is 0 Å². The lowest BCUT2D eigenvalue weighted by atomic mass is 10.3. The van der Waals surface area contributed by atoms with Crippen molar-refractivity contribution in [2.75, 3.05) is 5.32 Å². The summed E-state index contributed by atoms with van der Waals surface area (Å²) in [5.74, 6) is -1.99. The third kappa shape index (κ3) is 2.90. The Bertz CT molecular complexity index is 376. The van der Waals surface area contributed by atoms with E-state index in [1.165, 1.54) is 13.1 Å². The number of carboxylic acid groups (broad SMARTS) is 2. The molecule has 1 aromatic rings. The van der Waals surface area contributed by atoms with Crippen LogP contribution in [0.4, 0.5) is 5.82 Å². The van der Waals surface area contributed by atoms with Crippen molar-refractivity contribution in [3.8, 4) is 0 Å². The largest absolute Gasteiger partial charge is 0.480 e. The summed E-state index contributed by atoms with van der Waals surface area (Å²) in [6.45, 7) is 1.44. The first-order valence-electron chi connectivity index (χ1n) is 4.05. The lowest BCUT2D eigenvalue weighted by Gasteiger charge is -2.08. The van der Waals surface area contributed by atoms with Crippen LogP contribution in [0.1, 0.15) is 17.4 Å². The third-order valence-corrected chi connectivity index (χ3v) is 1.61. The number of nitrogens with zero attached hydrogens (tertiary/aromatic N) is 2. The molecule has 1 aromatic heterocycles. The van der Waals surface area contributed by atoms with E-state index >= 15 is 0 Å². The fourth-order valence-electron chi connectivity index (χ4n) is 0.797. The first-order valence-corrected chi connectivity index (χ1v) is 4.05. The minimum absolute atomic E-state index is 0.191. The Balaban J connectivity index is 2.72. The standard InChI is InChI=1S/C8H9N3O4/c1-4(7(12)13)11-6-3-9-5(2-10-6)8(14)15/h2-4H,1H3,(H,10,11)(H,12,13)(H,14,15). The molecule has 0 spiro atoms. The topological polar surface area (TPSA) is 112 Å². The second-order valence-corrected chi connectivity index (χ2v) is 2.80. The maximum atomic E-state index is 10.5. The average Bonchev–Trinajstić information content (AvgIpc) is 2.18. The van der Waals surface area contributed by atoms with Crippen molar-refractivity contribution >= 4 is 17.8 Å². The molecule has 0 saturated heterocycles. The summed E-state index contributed by atoms with van der Waals surface area (Å²) < 4.78 is 0. The number of carbonyl (C=O) groups is 2. The van der Waals surface area contributed by atoms with Crippen molar-refractivity contribution in [2.45, 2.75) is 13.0 Å². The number of aliphatic carboxylic acids is 1. The molecule has 1 atom stereocenters. The lowest BCUT2D eigenvalue weighted by molar-refractivity contribution is -0.137. The number of hydrogen-bond donors (Lipinski definition) is 3. The van der Waals surface area contributed by atoms with Crippen LogP contribution in [0.3, 0.4) is 0 Å². The number of hydrogen-bond acceptors (Lipinski definition) is 5. The molecule has 0 amide bonds. The minimum atomic E-state index is -1.18. The van der Waals surface area contributed by atoms with E-state index in [1.54, 1.807) is 0 Å². The van der Waals surface area contributed by atoms with Crippen LogP contribution in [0.25, 0.3) is 0 Å². The highest BCUT2D eigenvalue weighted by molar-refractivity contribution is 5.85. The average molecular weight is 211 g/mol. The Labute approximate surface area is 84.8 Å². The predicted molar refractivity (Wildman–Crippen MR) is 49.7 cm³/mol. The molecule has 1 unspecified atom stereocenters. The van der Waals surface area contributed by atoms with Crippen LogP contribution in [0.5, 0.6) is 0 Å². The van der Waals surface area contributed by atoms with Gasteiger partial charge >= 0.3 is 11.9 Å². The highest BCUT2D eigenvalue weighted by Gasteiger charge is 2.11. The summed E-state index contributed by atoms with van der Waals surface area (Å²) in [6, 6.07) is -0.810. The summed E-state index contributed by atoms with van der Waals surface area (Å²) >= 11 is 0. The van der Waals surface area contributed by atoms with E-state index in [0.29, 0.717) is 0 Å². The zero-order valence-electron chi connectivity index (χ0n) is 7.84. The van der Waals surface area contributed by atoms with Gasteiger partial charge in [0.25, 0.3) is 0 Å². The van der Waals surface area contributed by atoms with Crippen LogP contribution >= 0.6 is 0 Å². The van der Waals surface area contributed by atoms with Crippen LogP contribution in [0.2, 0.25) is 0 Å². The highest BCUT2D eigenvalue weighted by atomic mass is 16.4. The van der Waals surface area contributed by atoms with Gasteiger partial charge in [-0.15, -0.1) is 0 Å². The molecule has 3 N–H and O–H groups in total. The first kappa shape index (κ1) is 10.9. The number of aromatic nitrogens is 2. The number of aromatic carboxylic acids is 1. The van der Waals surface area contributed by atoms with E-state index in [4.69, 9.17) is 10.2 Å². The Kier molecular flexibility index (Phi) is 3.17. The lowest BCUT2D eigenvalue weighted by Crippen LogP contribution is -2.26. The molecule has 0 fully saturated rings. The summed E-state index contributed by atoms with van der Waals surface area (Å²) in [6.07, 6.45) is 2.22. The van der Waals surface area contributed by atoms with Gasteiger partial charge in [-0.3, -0.25) is 4.79 Å². The molecule has 1 heterocycles. The normalized spacial score (nSPS) is 11.8. The SMILES string of the molecule is CC(Nc1cnc(C(=O)O)cn1)C(=O)O. The maximum Gasteiger partial charge on any atom is 0.356 e. The first-order chi connectivity index (χ1) is 7.00. The van der Waals surface area contributed by atoms with Gasteiger partial charge in [0, 0.05) is 0 Å². The number of nitrogens with one attached hydrogen (secondary N) is 1.